The van der Waals surface area contributed by atoms with Crippen LogP contribution in [0.25, 0.3) is 0 Å². The zero-order valence-electron chi connectivity index (χ0n) is 10.4. The summed E-state index contributed by atoms with van der Waals surface area (Å²) in [6.45, 7) is -1.22. The van der Waals surface area contributed by atoms with Crippen LogP contribution in [-0.4, -0.2) is 46.2 Å². The van der Waals surface area contributed by atoms with E-state index in [1.54, 1.807) is 24.3 Å². The normalized spacial score (nSPS) is 9.85. The maximum absolute atomic E-state index is 11.7. The molecule has 0 aliphatic heterocycles. The van der Waals surface area contributed by atoms with E-state index >= 15 is 0 Å². The maximum Gasteiger partial charge on any atom is 0.323 e. The number of amides is 2. The third-order valence-corrected chi connectivity index (χ3v) is 2.55. The number of carbonyl (C=O) groups excluding carboxylic acids is 1. The van der Waals surface area contributed by atoms with Crippen LogP contribution in [0.2, 0.25) is 5.02 Å². The van der Waals surface area contributed by atoms with E-state index in [1.807, 2.05) is 0 Å². The topological polar surface area (TPSA) is 107 Å². The van der Waals surface area contributed by atoms with Crippen LogP contribution in [0.3, 0.4) is 0 Å². The van der Waals surface area contributed by atoms with Crippen molar-refractivity contribution in [2.45, 2.75) is 6.54 Å². The van der Waals surface area contributed by atoms with E-state index in [0.717, 1.165) is 5.56 Å². The quantitative estimate of drug-likeness (QED) is 0.727. The van der Waals surface area contributed by atoms with Gasteiger partial charge in [-0.1, -0.05) is 23.7 Å². The predicted molar refractivity (Wildman–Crippen MR) is 70.5 cm³/mol. The molecule has 0 fully saturated rings. The average Bonchev–Trinajstić information content (AvgIpc) is 2.36. The summed E-state index contributed by atoms with van der Waals surface area (Å²) in [6.07, 6.45) is 0. The first-order valence-electron chi connectivity index (χ1n) is 5.59. The zero-order chi connectivity index (χ0) is 15.1. The standard InChI is InChI=1S/C12H13ClN2O5/c13-9-3-1-8(2-4-9)5-14-12(20)15(6-10(16)17)7-11(18)19/h1-4H,5-7H2,(H,14,20)(H,16,17)(H,18,19). The van der Waals surface area contributed by atoms with Crippen molar-refractivity contribution < 1.29 is 24.6 Å². The Morgan fingerprint density at radius 2 is 1.55 bits per heavy atom. The van der Waals surface area contributed by atoms with Crippen molar-refractivity contribution in [2.24, 2.45) is 0 Å². The van der Waals surface area contributed by atoms with Gasteiger partial charge in [0.05, 0.1) is 0 Å². The second-order valence-electron chi connectivity index (χ2n) is 3.93. The lowest BCUT2D eigenvalue weighted by Gasteiger charge is -2.19. The molecule has 7 nitrogen and oxygen atoms in total. The Bertz CT molecular complexity index is 487. The number of hydrogen-bond acceptors (Lipinski definition) is 3. The van der Waals surface area contributed by atoms with Crippen LogP contribution in [-0.2, 0) is 16.1 Å². The molecular formula is C12H13ClN2O5. The van der Waals surface area contributed by atoms with Crippen LogP contribution in [0.15, 0.2) is 24.3 Å². The highest BCUT2D eigenvalue weighted by molar-refractivity contribution is 6.30. The fraction of sp³-hybridized carbons (Fsp3) is 0.250. The molecule has 1 rings (SSSR count). The third-order valence-electron chi connectivity index (χ3n) is 2.30. The molecule has 0 spiro atoms. The monoisotopic (exact) mass is 300 g/mol. The van der Waals surface area contributed by atoms with Crippen LogP contribution < -0.4 is 5.32 Å². The van der Waals surface area contributed by atoms with Crippen molar-refractivity contribution in [3.8, 4) is 0 Å². The molecule has 2 amide bonds. The number of benzene rings is 1. The first kappa shape index (κ1) is 15.8. The second kappa shape index (κ2) is 7.34. The van der Waals surface area contributed by atoms with Gasteiger partial charge in [-0.2, -0.15) is 0 Å². The number of nitrogens with one attached hydrogen (secondary N) is 1. The number of aliphatic carboxylic acids is 2. The average molecular weight is 301 g/mol. The molecule has 0 bridgehead atoms. The lowest BCUT2D eigenvalue weighted by Crippen LogP contribution is -2.45. The van der Waals surface area contributed by atoms with Crippen LogP contribution in [0, 0.1) is 0 Å². The van der Waals surface area contributed by atoms with Gasteiger partial charge in [-0.25, -0.2) is 4.79 Å². The van der Waals surface area contributed by atoms with Crippen LogP contribution in [0.5, 0.6) is 0 Å². The second-order valence-corrected chi connectivity index (χ2v) is 4.37. The van der Waals surface area contributed by atoms with Gasteiger partial charge in [0.2, 0.25) is 0 Å². The Balaban J connectivity index is 2.58. The third kappa shape index (κ3) is 5.57. The predicted octanol–water partition coefficient (Wildman–Crippen LogP) is 1.02. The zero-order valence-corrected chi connectivity index (χ0v) is 11.1. The molecule has 20 heavy (non-hydrogen) atoms. The summed E-state index contributed by atoms with van der Waals surface area (Å²) < 4.78 is 0. The number of rotatable bonds is 6. The summed E-state index contributed by atoms with van der Waals surface area (Å²) in [5.74, 6) is -2.57. The minimum atomic E-state index is -1.28. The molecule has 0 saturated heterocycles. The highest BCUT2D eigenvalue weighted by Crippen LogP contribution is 2.09. The van der Waals surface area contributed by atoms with Gasteiger partial charge in [0.15, 0.2) is 0 Å². The highest BCUT2D eigenvalue weighted by atomic mass is 35.5. The van der Waals surface area contributed by atoms with Crippen molar-refractivity contribution in [1.82, 2.24) is 10.2 Å². The molecule has 0 aliphatic rings. The molecule has 0 aliphatic carbocycles. The summed E-state index contributed by atoms with van der Waals surface area (Å²) in [4.78, 5) is 33.6. The van der Waals surface area contributed by atoms with Gasteiger partial charge < -0.3 is 20.4 Å². The molecular weight excluding hydrogens is 288 g/mol. The SMILES string of the molecule is O=C(O)CN(CC(=O)O)C(=O)NCc1ccc(Cl)cc1. The van der Waals surface area contributed by atoms with Crippen molar-refractivity contribution in [3.05, 3.63) is 34.9 Å². The van der Waals surface area contributed by atoms with E-state index in [0.29, 0.717) is 9.92 Å². The van der Waals surface area contributed by atoms with Gasteiger partial charge in [0.25, 0.3) is 0 Å². The first-order valence-corrected chi connectivity index (χ1v) is 5.97. The van der Waals surface area contributed by atoms with Gasteiger partial charge in [0, 0.05) is 11.6 Å². The molecule has 108 valence electrons. The van der Waals surface area contributed by atoms with Crippen molar-refractivity contribution >= 4 is 29.6 Å². The molecule has 0 unspecified atom stereocenters. The summed E-state index contributed by atoms with van der Waals surface area (Å²) in [7, 11) is 0. The Hall–Kier alpha value is -2.28. The van der Waals surface area contributed by atoms with E-state index in [2.05, 4.69) is 5.32 Å². The van der Waals surface area contributed by atoms with E-state index < -0.39 is 31.1 Å². The fourth-order valence-electron chi connectivity index (χ4n) is 1.42. The lowest BCUT2D eigenvalue weighted by atomic mass is 10.2. The number of nitrogens with zero attached hydrogens (tertiary/aromatic N) is 1. The minimum Gasteiger partial charge on any atom is -0.480 e. The van der Waals surface area contributed by atoms with Crippen LogP contribution in [0.4, 0.5) is 4.79 Å². The van der Waals surface area contributed by atoms with Gasteiger partial charge in [-0.05, 0) is 17.7 Å². The Labute approximate surface area is 119 Å². The van der Waals surface area contributed by atoms with Gasteiger partial charge >= 0.3 is 18.0 Å². The lowest BCUT2D eigenvalue weighted by molar-refractivity contribution is -0.140. The van der Waals surface area contributed by atoms with E-state index in [1.165, 1.54) is 0 Å². The van der Waals surface area contributed by atoms with Crippen LogP contribution in [0.1, 0.15) is 5.56 Å². The van der Waals surface area contributed by atoms with Gasteiger partial charge in [-0.15, -0.1) is 0 Å². The van der Waals surface area contributed by atoms with E-state index in [4.69, 9.17) is 21.8 Å². The Morgan fingerprint density at radius 3 is 2.00 bits per heavy atom. The maximum atomic E-state index is 11.7. The van der Waals surface area contributed by atoms with E-state index in [9.17, 15) is 14.4 Å². The largest absolute Gasteiger partial charge is 0.480 e. The molecule has 1 aromatic rings. The number of urea groups is 1. The number of halogens is 1. The molecule has 0 saturated carbocycles. The van der Waals surface area contributed by atoms with Gasteiger partial charge in [-0.3, -0.25) is 9.59 Å². The van der Waals surface area contributed by atoms with Crippen molar-refractivity contribution in [2.75, 3.05) is 13.1 Å². The summed E-state index contributed by atoms with van der Waals surface area (Å²) in [5, 5.41) is 20.3. The number of carboxylic acid groups (broad SMARTS) is 2. The van der Waals surface area contributed by atoms with Crippen molar-refractivity contribution in [3.63, 3.8) is 0 Å². The summed E-state index contributed by atoms with van der Waals surface area (Å²) in [6, 6.07) is 5.93. The molecule has 0 aromatic heterocycles. The van der Waals surface area contributed by atoms with Crippen molar-refractivity contribution in [1.29, 1.82) is 0 Å². The summed E-state index contributed by atoms with van der Waals surface area (Å²) >= 11 is 5.71. The smallest absolute Gasteiger partial charge is 0.323 e. The first-order chi connectivity index (χ1) is 9.38. The minimum absolute atomic E-state index is 0.145. The molecule has 0 radical (unpaired) electrons. The number of carboxylic acids is 2. The Kier molecular flexibility index (Phi) is 5.79. The number of hydrogen-bond donors (Lipinski definition) is 3. The van der Waals surface area contributed by atoms with Gasteiger partial charge in [0.1, 0.15) is 13.1 Å². The molecule has 0 heterocycles. The van der Waals surface area contributed by atoms with E-state index in [-0.39, 0.29) is 6.54 Å². The summed E-state index contributed by atoms with van der Waals surface area (Å²) in [5.41, 5.74) is 0.758. The highest BCUT2D eigenvalue weighted by Gasteiger charge is 2.19. The molecule has 8 heteroatoms. The fourth-order valence-corrected chi connectivity index (χ4v) is 1.54. The molecule has 0 atom stereocenters. The molecule has 1 aromatic carbocycles. The Morgan fingerprint density at radius 1 is 1.05 bits per heavy atom. The molecule has 3 N–H and O–H groups in total. The number of carbonyl (C=O) groups is 3. The van der Waals surface area contributed by atoms with Crippen LogP contribution >= 0.6 is 11.6 Å².